The molecule has 0 aromatic carbocycles. The summed E-state index contributed by atoms with van der Waals surface area (Å²) >= 11 is 1.65. The number of hydrogen-bond acceptors (Lipinski definition) is 4. The molecule has 2 aromatic rings. The number of ether oxygens (including phenoxy) is 1. The maximum atomic E-state index is 12.7. The Labute approximate surface area is 129 Å². The highest BCUT2D eigenvalue weighted by Gasteiger charge is 2.13. The zero-order valence-corrected chi connectivity index (χ0v) is 13.6. The second-order valence-electron chi connectivity index (χ2n) is 5.16. The summed E-state index contributed by atoms with van der Waals surface area (Å²) in [6.07, 6.45) is 0. The molecule has 2 rings (SSSR count). The fourth-order valence-electron chi connectivity index (χ4n) is 2.26. The molecule has 0 saturated carbocycles. The van der Waals surface area contributed by atoms with Crippen molar-refractivity contribution in [2.75, 3.05) is 20.3 Å². The summed E-state index contributed by atoms with van der Waals surface area (Å²) in [4.78, 5) is 13.8. The smallest absolute Gasteiger partial charge is 0.255 e. The number of hydrogen-bond donors (Lipinski definition) is 1. The molecule has 114 valence electrons. The molecule has 0 atom stereocenters. The van der Waals surface area contributed by atoms with Crippen molar-refractivity contribution in [3.05, 3.63) is 45.6 Å². The molecule has 2 aromatic heterocycles. The predicted octanol–water partition coefficient (Wildman–Crippen LogP) is 2.89. The van der Waals surface area contributed by atoms with E-state index >= 15 is 0 Å². The summed E-state index contributed by atoms with van der Waals surface area (Å²) in [5, 5.41) is 5.26. The van der Waals surface area contributed by atoms with Crippen LogP contribution in [-0.2, 0) is 11.3 Å². The lowest BCUT2D eigenvalue weighted by Crippen LogP contribution is -2.30. The molecule has 21 heavy (non-hydrogen) atoms. The lowest BCUT2D eigenvalue weighted by Gasteiger charge is -2.17. The zero-order valence-electron chi connectivity index (χ0n) is 12.8. The van der Waals surface area contributed by atoms with Crippen molar-refractivity contribution < 1.29 is 4.74 Å². The van der Waals surface area contributed by atoms with Gasteiger partial charge in [0, 0.05) is 31.8 Å². The monoisotopic (exact) mass is 306 g/mol. The Kier molecular flexibility index (Phi) is 5.73. The highest BCUT2D eigenvalue weighted by molar-refractivity contribution is 7.13. The minimum Gasteiger partial charge on any atom is -0.383 e. The Morgan fingerprint density at radius 2 is 2.14 bits per heavy atom. The Balaban J connectivity index is 2.30. The number of pyridine rings is 1. The molecule has 5 heteroatoms. The minimum absolute atomic E-state index is 0.0841. The lowest BCUT2D eigenvalue weighted by molar-refractivity contribution is 0.199. The molecule has 1 N–H and O–H groups in total. The summed E-state index contributed by atoms with van der Waals surface area (Å²) < 4.78 is 6.87. The molecule has 0 spiro atoms. The van der Waals surface area contributed by atoms with E-state index in [4.69, 9.17) is 4.74 Å². The standard InChI is InChI=1S/C16H22N2O2S/c1-12(2)18-14(15-5-4-10-21-15)7-6-13(16(18)19)11-17-8-9-20-3/h4-7,10,12,17H,8-9,11H2,1-3H3. The molecule has 0 saturated heterocycles. The molecular formula is C16H22N2O2S. The summed E-state index contributed by atoms with van der Waals surface area (Å²) in [6.45, 7) is 6.04. The van der Waals surface area contributed by atoms with Gasteiger partial charge in [0.1, 0.15) is 0 Å². The van der Waals surface area contributed by atoms with Crippen molar-refractivity contribution in [1.82, 2.24) is 9.88 Å². The van der Waals surface area contributed by atoms with Crippen molar-refractivity contribution in [1.29, 1.82) is 0 Å². The number of rotatable bonds is 7. The van der Waals surface area contributed by atoms with Crippen LogP contribution in [0.5, 0.6) is 0 Å². The molecule has 0 radical (unpaired) electrons. The average Bonchev–Trinajstić information content (AvgIpc) is 2.98. The third-order valence-electron chi connectivity index (χ3n) is 3.28. The highest BCUT2D eigenvalue weighted by Crippen LogP contribution is 2.25. The number of nitrogens with one attached hydrogen (secondary N) is 1. The van der Waals surface area contributed by atoms with E-state index in [1.54, 1.807) is 18.4 Å². The molecule has 0 aliphatic heterocycles. The molecule has 0 aliphatic rings. The first-order valence-corrected chi connectivity index (χ1v) is 8.01. The normalized spacial score (nSPS) is 11.2. The Morgan fingerprint density at radius 3 is 2.76 bits per heavy atom. The predicted molar refractivity (Wildman–Crippen MR) is 88.0 cm³/mol. The van der Waals surface area contributed by atoms with Crippen LogP contribution in [0.2, 0.25) is 0 Å². The van der Waals surface area contributed by atoms with Gasteiger partial charge in [-0.2, -0.15) is 0 Å². The van der Waals surface area contributed by atoms with Crippen LogP contribution in [0.3, 0.4) is 0 Å². The second-order valence-corrected chi connectivity index (χ2v) is 6.11. The maximum Gasteiger partial charge on any atom is 0.255 e. The van der Waals surface area contributed by atoms with Crippen molar-refractivity contribution in [2.24, 2.45) is 0 Å². The first-order valence-electron chi connectivity index (χ1n) is 7.13. The van der Waals surface area contributed by atoms with Gasteiger partial charge in [0.05, 0.1) is 17.2 Å². The van der Waals surface area contributed by atoms with Crippen LogP contribution in [0.4, 0.5) is 0 Å². The van der Waals surface area contributed by atoms with Crippen LogP contribution >= 0.6 is 11.3 Å². The maximum absolute atomic E-state index is 12.7. The van der Waals surface area contributed by atoms with Gasteiger partial charge >= 0.3 is 0 Å². The quantitative estimate of drug-likeness (QED) is 0.800. The van der Waals surface area contributed by atoms with Gasteiger partial charge in [0.25, 0.3) is 5.56 Å². The third-order valence-corrected chi connectivity index (χ3v) is 4.18. The molecule has 4 nitrogen and oxygen atoms in total. The van der Waals surface area contributed by atoms with Crippen LogP contribution < -0.4 is 10.9 Å². The molecule has 0 aliphatic carbocycles. The molecule has 0 fully saturated rings. The Hall–Kier alpha value is -1.43. The van der Waals surface area contributed by atoms with Crippen LogP contribution in [0.15, 0.2) is 34.4 Å². The average molecular weight is 306 g/mol. The van der Waals surface area contributed by atoms with Gasteiger partial charge in [-0.15, -0.1) is 11.3 Å². The van der Waals surface area contributed by atoms with E-state index in [-0.39, 0.29) is 11.6 Å². The van der Waals surface area contributed by atoms with Gasteiger partial charge in [-0.25, -0.2) is 0 Å². The minimum atomic E-state index is 0.0841. The Morgan fingerprint density at radius 1 is 1.33 bits per heavy atom. The largest absolute Gasteiger partial charge is 0.383 e. The molecule has 2 heterocycles. The van der Waals surface area contributed by atoms with Gasteiger partial charge < -0.3 is 14.6 Å². The number of thiophene rings is 1. The van der Waals surface area contributed by atoms with E-state index in [0.29, 0.717) is 13.2 Å². The van der Waals surface area contributed by atoms with Crippen molar-refractivity contribution in [3.63, 3.8) is 0 Å². The molecule has 0 bridgehead atoms. The number of nitrogens with zero attached hydrogens (tertiary/aromatic N) is 1. The third kappa shape index (κ3) is 3.81. The van der Waals surface area contributed by atoms with Gasteiger partial charge in [-0.1, -0.05) is 12.1 Å². The second kappa shape index (κ2) is 7.54. The summed E-state index contributed by atoms with van der Waals surface area (Å²) in [7, 11) is 1.67. The Bertz CT molecular complexity index is 618. The van der Waals surface area contributed by atoms with E-state index < -0.39 is 0 Å². The highest BCUT2D eigenvalue weighted by atomic mass is 32.1. The van der Waals surface area contributed by atoms with Gasteiger partial charge in [0.2, 0.25) is 0 Å². The van der Waals surface area contributed by atoms with E-state index in [1.165, 1.54) is 0 Å². The summed E-state index contributed by atoms with van der Waals surface area (Å²) in [6, 6.07) is 8.16. The summed E-state index contributed by atoms with van der Waals surface area (Å²) in [5.41, 5.74) is 1.87. The van der Waals surface area contributed by atoms with Gasteiger partial charge in [-0.05, 0) is 31.4 Å². The van der Waals surface area contributed by atoms with Gasteiger partial charge in [-0.3, -0.25) is 4.79 Å². The number of aromatic nitrogens is 1. The lowest BCUT2D eigenvalue weighted by atomic mass is 10.2. The fourth-order valence-corrected chi connectivity index (χ4v) is 3.01. The molecular weight excluding hydrogens is 284 g/mol. The van der Waals surface area contributed by atoms with Crippen molar-refractivity contribution >= 4 is 11.3 Å². The SMILES string of the molecule is COCCNCc1ccc(-c2cccs2)n(C(C)C)c1=O. The van der Waals surface area contributed by atoms with E-state index in [9.17, 15) is 4.79 Å². The van der Waals surface area contributed by atoms with Gasteiger partial charge in [0.15, 0.2) is 0 Å². The van der Waals surface area contributed by atoms with Crippen LogP contribution in [0.25, 0.3) is 10.6 Å². The van der Waals surface area contributed by atoms with E-state index in [2.05, 4.69) is 11.4 Å². The van der Waals surface area contributed by atoms with E-state index in [1.807, 2.05) is 42.0 Å². The van der Waals surface area contributed by atoms with E-state index in [0.717, 1.165) is 22.7 Å². The topological polar surface area (TPSA) is 43.3 Å². The van der Waals surface area contributed by atoms with Crippen LogP contribution in [-0.4, -0.2) is 24.8 Å². The molecule has 0 unspecified atom stereocenters. The fraction of sp³-hybridized carbons (Fsp3) is 0.438. The van der Waals surface area contributed by atoms with Crippen LogP contribution in [0.1, 0.15) is 25.5 Å². The first kappa shape index (κ1) is 15.9. The molecule has 0 amide bonds. The van der Waals surface area contributed by atoms with Crippen LogP contribution in [0, 0.1) is 0 Å². The van der Waals surface area contributed by atoms with Crippen molar-refractivity contribution in [3.8, 4) is 10.6 Å². The van der Waals surface area contributed by atoms with Crippen molar-refractivity contribution in [2.45, 2.75) is 26.4 Å². The summed E-state index contributed by atoms with van der Waals surface area (Å²) in [5.74, 6) is 0. The first-order chi connectivity index (χ1) is 10.1. The number of methoxy groups -OCH3 is 1. The zero-order chi connectivity index (χ0) is 15.2.